The number of hydrogen-bond acceptors (Lipinski definition) is 3. The number of anilines is 1. The molecule has 1 aromatic carbocycles. The molecule has 5 nitrogen and oxygen atoms in total. The van der Waals surface area contributed by atoms with E-state index in [4.69, 9.17) is 5.11 Å². The maximum Gasteiger partial charge on any atom is 0.335 e. The van der Waals surface area contributed by atoms with Crippen molar-refractivity contribution in [2.45, 2.75) is 19.4 Å². The van der Waals surface area contributed by atoms with Gasteiger partial charge in [0.25, 0.3) is 0 Å². The van der Waals surface area contributed by atoms with Crippen LogP contribution in [0.4, 0.5) is 5.69 Å². The maximum absolute atomic E-state index is 11.0. The molecule has 17 heavy (non-hydrogen) atoms. The molecular formula is C12H14N2O3. The summed E-state index contributed by atoms with van der Waals surface area (Å²) in [5.74, 6) is -0.889. The van der Waals surface area contributed by atoms with Crippen molar-refractivity contribution in [1.29, 1.82) is 0 Å². The topological polar surface area (TPSA) is 78.4 Å². The Morgan fingerprint density at radius 1 is 1.53 bits per heavy atom. The molecule has 1 heterocycles. The molecule has 90 valence electrons. The highest BCUT2D eigenvalue weighted by Crippen LogP contribution is 2.19. The lowest BCUT2D eigenvalue weighted by molar-refractivity contribution is -0.119. The van der Waals surface area contributed by atoms with Crippen molar-refractivity contribution in [1.82, 2.24) is 5.32 Å². The molecule has 0 aromatic heterocycles. The SMILES string of the molecule is Cc1cc(C(=O)O)ccc1NC1CNC(=O)C1. The highest BCUT2D eigenvalue weighted by Gasteiger charge is 2.21. The molecule has 1 amide bonds. The van der Waals surface area contributed by atoms with E-state index in [-0.39, 0.29) is 17.5 Å². The molecule has 1 saturated heterocycles. The van der Waals surface area contributed by atoms with E-state index < -0.39 is 5.97 Å². The molecule has 0 bridgehead atoms. The van der Waals surface area contributed by atoms with Crippen LogP contribution in [0.1, 0.15) is 22.3 Å². The Morgan fingerprint density at radius 2 is 2.29 bits per heavy atom. The number of carbonyl (C=O) groups excluding carboxylic acids is 1. The van der Waals surface area contributed by atoms with E-state index in [1.54, 1.807) is 18.2 Å². The van der Waals surface area contributed by atoms with E-state index in [9.17, 15) is 9.59 Å². The van der Waals surface area contributed by atoms with Gasteiger partial charge in [0.2, 0.25) is 5.91 Å². The van der Waals surface area contributed by atoms with E-state index in [0.29, 0.717) is 13.0 Å². The van der Waals surface area contributed by atoms with Gasteiger partial charge in [-0.05, 0) is 30.7 Å². The number of carboxylic acid groups (broad SMARTS) is 1. The van der Waals surface area contributed by atoms with Crippen LogP contribution in [0.5, 0.6) is 0 Å². The largest absolute Gasteiger partial charge is 0.478 e. The average molecular weight is 234 g/mol. The average Bonchev–Trinajstić information content (AvgIpc) is 2.67. The predicted octanol–water partition coefficient (Wildman–Crippen LogP) is 0.994. The summed E-state index contributed by atoms with van der Waals surface area (Å²) in [5.41, 5.74) is 2.01. The standard InChI is InChI=1S/C12H14N2O3/c1-7-4-8(12(16)17)2-3-10(7)14-9-5-11(15)13-6-9/h2-4,9,14H,5-6H2,1H3,(H,13,15)(H,16,17). The summed E-state index contributed by atoms with van der Waals surface area (Å²) >= 11 is 0. The van der Waals surface area contributed by atoms with Crippen LogP contribution in [0, 0.1) is 6.92 Å². The first kappa shape index (κ1) is 11.4. The summed E-state index contributed by atoms with van der Waals surface area (Å²) in [6, 6.07) is 5.00. The van der Waals surface area contributed by atoms with Gasteiger partial charge in [0.15, 0.2) is 0 Å². The molecule has 0 saturated carbocycles. The molecule has 0 spiro atoms. The molecule has 0 radical (unpaired) electrons. The number of carboxylic acids is 1. The highest BCUT2D eigenvalue weighted by molar-refractivity contribution is 5.88. The maximum atomic E-state index is 11.0. The summed E-state index contributed by atoms with van der Waals surface area (Å²) in [4.78, 5) is 21.8. The van der Waals surface area contributed by atoms with Crippen LogP contribution < -0.4 is 10.6 Å². The second kappa shape index (κ2) is 4.45. The van der Waals surface area contributed by atoms with E-state index in [2.05, 4.69) is 10.6 Å². The van der Waals surface area contributed by atoms with Crippen molar-refractivity contribution in [3.05, 3.63) is 29.3 Å². The third kappa shape index (κ3) is 2.55. The Bertz CT molecular complexity index is 471. The number of aryl methyl sites for hydroxylation is 1. The molecule has 1 fully saturated rings. The second-order valence-corrected chi connectivity index (χ2v) is 4.18. The fourth-order valence-electron chi connectivity index (χ4n) is 1.89. The third-order valence-electron chi connectivity index (χ3n) is 2.81. The van der Waals surface area contributed by atoms with Crippen LogP contribution >= 0.6 is 0 Å². The van der Waals surface area contributed by atoms with Gasteiger partial charge in [-0.1, -0.05) is 0 Å². The van der Waals surface area contributed by atoms with Gasteiger partial charge in [0.1, 0.15) is 0 Å². The normalized spacial score (nSPS) is 18.9. The van der Waals surface area contributed by atoms with Gasteiger partial charge in [-0.2, -0.15) is 0 Å². The van der Waals surface area contributed by atoms with Gasteiger partial charge in [0, 0.05) is 18.7 Å². The minimum Gasteiger partial charge on any atom is -0.478 e. The van der Waals surface area contributed by atoms with Crippen LogP contribution in [-0.4, -0.2) is 29.6 Å². The number of amides is 1. The summed E-state index contributed by atoms with van der Waals surface area (Å²) in [7, 11) is 0. The number of aromatic carboxylic acids is 1. The van der Waals surface area contributed by atoms with Crippen LogP contribution in [0.3, 0.4) is 0 Å². The molecule has 2 rings (SSSR count). The second-order valence-electron chi connectivity index (χ2n) is 4.18. The summed E-state index contributed by atoms with van der Waals surface area (Å²) in [6.07, 6.45) is 0.458. The Morgan fingerprint density at radius 3 is 2.82 bits per heavy atom. The first-order valence-electron chi connectivity index (χ1n) is 5.43. The van der Waals surface area contributed by atoms with Gasteiger partial charge >= 0.3 is 5.97 Å². The van der Waals surface area contributed by atoms with Crippen molar-refractivity contribution in [2.75, 3.05) is 11.9 Å². The zero-order valence-corrected chi connectivity index (χ0v) is 9.49. The molecule has 0 aliphatic carbocycles. The van der Waals surface area contributed by atoms with Crippen molar-refractivity contribution in [3.8, 4) is 0 Å². The minimum absolute atomic E-state index is 0.0438. The van der Waals surface area contributed by atoms with Crippen molar-refractivity contribution < 1.29 is 14.7 Å². The Balaban J connectivity index is 2.11. The lowest BCUT2D eigenvalue weighted by Crippen LogP contribution is -2.22. The van der Waals surface area contributed by atoms with Crippen molar-refractivity contribution in [3.63, 3.8) is 0 Å². The lowest BCUT2D eigenvalue weighted by atomic mass is 10.1. The zero-order chi connectivity index (χ0) is 12.4. The van der Waals surface area contributed by atoms with Crippen LogP contribution in [0.15, 0.2) is 18.2 Å². The number of hydrogen-bond donors (Lipinski definition) is 3. The van der Waals surface area contributed by atoms with E-state index in [0.717, 1.165) is 11.3 Å². The smallest absolute Gasteiger partial charge is 0.335 e. The molecule has 1 unspecified atom stereocenters. The predicted molar refractivity (Wildman–Crippen MR) is 63.2 cm³/mol. The zero-order valence-electron chi connectivity index (χ0n) is 9.49. The Labute approximate surface area is 98.8 Å². The summed E-state index contributed by atoms with van der Waals surface area (Å²) < 4.78 is 0. The van der Waals surface area contributed by atoms with E-state index in [1.165, 1.54) is 0 Å². The van der Waals surface area contributed by atoms with Crippen LogP contribution in [0.25, 0.3) is 0 Å². The molecule has 1 aliphatic rings. The third-order valence-corrected chi connectivity index (χ3v) is 2.81. The Kier molecular flexibility index (Phi) is 2.99. The van der Waals surface area contributed by atoms with E-state index >= 15 is 0 Å². The monoisotopic (exact) mass is 234 g/mol. The summed E-state index contributed by atoms with van der Waals surface area (Å²) in [6.45, 7) is 2.46. The van der Waals surface area contributed by atoms with Crippen LogP contribution in [-0.2, 0) is 4.79 Å². The minimum atomic E-state index is -0.933. The van der Waals surface area contributed by atoms with Gasteiger partial charge in [0.05, 0.1) is 11.6 Å². The van der Waals surface area contributed by atoms with Crippen molar-refractivity contribution in [2.24, 2.45) is 0 Å². The molecule has 1 atom stereocenters. The molecule has 5 heteroatoms. The van der Waals surface area contributed by atoms with Gasteiger partial charge in [-0.3, -0.25) is 4.79 Å². The number of benzene rings is 1. The fourth-order valence-corrected chi connectivity index (χ4v) is 1.89. The fraction of sp³-hybridized carbons (Fsp3) is 0.333. The molecule has 3 N–H and O–H groups in total. The first-order valence-corrected chi connectivity index (χ1v) is 5.43. The molecular weight excluding hydrogens is 220 g/mol. The highest BCUT2D eigenvalue weighted by atomic mass is 16.4. The van der Waals surface area contributed by atoms with E-state index in [1.807, 2.05) is 6.92 Å². The molecule has 1 aromatic rings. The lowest BCUT2D eigenvalue weighted by Gasteiger charge is -2.14. The number of carbonyl (C=O) groups is 2. The first-order chi connectivity index (χ1) is 8.06. The van der Waals surface area contributed by atoms with Crippen molar-refractivity contribution >= 4 is 17.6 Å². The van der Waals surface area contributed by atoms with Gasteiger partial charge in [-0.15, -0.1) is 0 Å². The number of rotatable bonds is 3. The number of nitrogens with one attached hydrogen (secondary N) is 2. The molecule has 1 aliphatic heterocycles. The Hall–Kier alpha value is -2.04. The quantitative estimate of drug-likeness (QED) is 0.729. The van der Waals surface area contributed by atoms with Gasteiger partial charge in [-0.25, -0.2) is 4.79 Å². The summed E-state index contributed by atoms with van der Waals surface area (Å²) in [5, 5.41) is 14.8. The van der Waals surface area contributed by atoms with Gasteiger partial charge < -0.3 is 15.7 Å². The van der Waals surface area contributed by atoms with Crippen LogP contribution in [0.2, 0.25) is 0 Å².